The third-order valence-corrected chi connectivity index (χ3v) is 3.78. The third kappa shape index (κ3) is 3.81. The standard InChI is InChI=1S/C16H24N2O2/c1-3-14(12-20-2)17-11-13-6-8-15(9-7-13)18-10-4-5-16(18)19/h6-9,14,17H,3-5,10-12H2,1-2H3. The zero-order valence-corrected chi connectivity index (χ0v) is 12.4. The summed E-state index contributed by atoms with van der Waals surface area (Å²) in [5.41, 5.74) is 2.25. The average molecular weight is 276 g/mol. The maximum Gasteiger partial charge on any atom is 0.227 e. The van der Waals surface area contributed by atoms with Crippen LogP contribution in [0.4, 0.5) is 5.69 Å². The summed E-state index contributed by atoms with van der Waals surface area (Å²) >= 11 is 0. The first-order chi connectivity index (χ1) is 9.74. The topological polar surface area (TPSA) is 41.6 Å². The van der Waals surface area contributed by atoms with Crippen LogP contribution < -0.4 is 10.2 Å². The van der Waals surface area contributed by atoms with E-state index in [1.54, 1.807) is 7.11 Å². The van der Waals surface area contributed by atoms with Crippen molar-refractivity contribution in [3.8, 4) is 0 Å². The van der Waals surface area contributed by atoms with Gasteiger partial charge in [-0.2, -0.15) is 0 Å². The van der Waals surface area contributed by atoms with Gasteiger partial charge in [-0.25, -0.2) is 0 Å². The molecule has 1 heterocycles. The first kappa shape index (κ1) is 15.0. The second-order valence-corrected chi connectivity index (χ2v) is 5.26. The maximum atomic E-state index is 11.7. The van der Waals surface area contributed by atoms with Crippen LogP contribution in [0.3, 0.4) is 0 Å². The molecular formula is C16H24N2O2. The number of nitrogens with one attached hydrogen (secondary N) is 1. The van der Waals surface area contributed by atoms with Gasteiger partial charge >= 0.3 is 0 Å². The summed E-state index contributed by atoms with van der Waals surface area (Å²) in [7, 11) is 1.73. The molecule has 1 unspecified atom stereocenters. The minimum Gasteiger partial charge on any atom is -0.383 e. The largest absolute Gasteiger partial charge is 0.383 e. The fraction of sp³-hybridized carbons (Fsp3) is 0.562. The molecule has 110 valence electrons. The molecular weight excluding hydrogens is 252 g/mol. The second-order valence-electron chi connectivity index (χ2n) is 5.26. The van der Waals surface area contributed by atoms with Crippen LogP contribution in [0, 0.1) is 0 Å². The molecule has 1 aliphatic rings. The predicted octanol–water partition coefficient (Wildman–Crippen LogP) is 2.33. The summed E-state index contributed by atoms with van der Waals surface area (Å²) in [5, 5.41) is 3.48. The SMILES string of the molecule is CCC(COC)NCc1ccc(N2CCCC2=O)cc1. The third-order valence-electron chi connectivity index (χ3n) is 3.78. The first-order valence-corrected chi connectivity index (χ1v) is 7.36. The molecule has 1 fully saturated rings. The lowest BCUT2D eigenvalue weighted by molar-refractivity contribution is -0.117. The maximum absolute atomic E-state index is 11.7. The molecule has 4 nitrogen and oxygen atoms in total. The van der Waals surface area contributed by atoms with Crippen molar-refractivity contribution in [2.45, 2.75) is 38.8 Å². The summed E-state index contributed by atoms with van der Waals surface area (Å²) < 4.78 is 5.18. The molecule has 1 N–H and O–H groups in total. The Balaban J connectivity index is 1.89. The number of carbonyl (C=O) groups is 1. The normalized spacial score (nSPS) is 16.7. The molecule has 1 saturated heterocycles. The first-order valence-electron chi connectivity index (χ1n) is 7.36. The smallest absolute Gasteiger partial charge is 0.227 e. The van der Waals surface area contributed by atoms with Crippen molar-refractivity contribution in [2.75, 3.05) is 25.2 Å². The lowest BCUT2D eigenvalue weighted by Crippen LogP contribution is -2.32. The molecule has 0 spiro atoms. The van der Waals surface area contributed by atoms with E-state index in [-0.39, 0.29) is 5.91 Å². The molecule has 0 bridgehead atoms. The van der Waals surface area contributed by atoms with Gasteiger partial charge in [-0.3, -0.25) is 4.79 Å². The van der Waals surface area contributed by atoms with Crippen molar-refractivity contribution in [2.24, 2.45) is 0 Å². The fourth-order valence-corrected chi connectivity index (χ4v) is 2.50. The Labute approximate surface area is 121 Å². The molecule has 4 heteroatoms. The average Bonchev–Trinajstić information content (AvgIpc) is 2.90. The molecule has 2 rings (SSSR count). The number of ether oxygens (including phenoxy) is 1. The van der Waals surface area contributed by atoms with Crippen LogP contribution in [0.1, 0.15) is 31.7 Å². The van der Waals surface area contributed by atoms with Gasteiger partial charge in [0.1, 0.15) is 0 Å². The van der Waals surface area contributed by atoms with E-state index in [1.807, 2.05) is 17.0 Å². The molecule has 1 aromatic carbocycles. The van der Waals surface area contributed by atoms with E-state index < -0.39 is 0 Å². The number of benzene rings is 1. The quantitative estimate of drug-likeness (QED) is 0.831. The highest BCUT2D eigenvalue weighted by Crippen LogP contribution is 2.21. The lowest BCUT2D eigenvalue weighted by Gasteiger charge is -2.18. The van der Waals surface area contributed by atoms with Crippen molar-refractivity contribution < 1.29 is 9.53 Å². The number of carbonyl (C=O) groups excluding carboxylic acids is 1. The summed E-state index contributed by atoms with van der Waals surface area (Å²) in [6.45, 7) is 4.56. The van der Waals surface area contributed by atoms with Crippen LogP contribution in [-0.2, 0) is 16.1 Å². The van der Waals surface area contributed by atoms with Crippen LogP contribution in [0.25, 0.3) is 0 Å². The Hall–Kier alpha value is -1.39. The zero-order chi connectivity index (χ0) is 14.4. The highest BCUT2D eigenvalue weighted by Gasteiger charge is 2.21. The summed E-state index contributed by atoms with van der Waals surface area (Å²) in [6, 6.07) is 8.65. The van der Waals surface area contributed by atoms with E-state index in [0.717, 1.165) is 38.2 Å². The van der Waals surface area contributed by atoms with E-state index in [4.69, 9.17) is 4.74 Å². The van der Waals surface area contributed by atoms with Crippen molar-refractivity contribution in [1.29, 1.82) is 0 Å². The Morgan fingerprint density at radius 3 is 2.65 bits per heavy atom. The second kappa shape index (κ2) is 7.41. The number of amides is 1. The van der Waals surface area contributed by atoms with Gasteiger partial charge in [0.15, 0.2) is 0 Å². The van der Waals surface area contributed by atoms with Gasteiger partial charge < -0.3 is 15.0 Å². The van der Waals surface area contributed by atoms with Gasteiger partial charge in [0.25, 0.3) is 0 Å². The number of methoxy groups -OCH3 is 1. The lowest BCUT2D eigenvalue weighted by atomic mass is 10.1. The van der Waals surface area contributed by atoms with E-state index in [1.165, 1.54) is 5.56 Å². The number of rotatable bonds is 7. The Bertz CT molecular complexity index is 431. The summed E-state index contributed by atoms with van der Waals surface area (Å²) in [6.07, 6.45) is 2.70. The molecule has 1 aliphatic heterocycles. The molecule has 1 aromatic rings. The van der Waals surface area contributed by atoms with Gasteiger partial charge in [0.05, 0.1) is 6.61 Å². The van der Waals surface area contributed by atoms with E-state index in [0.29, 0.717) is 12.5 Å². The van der Waals surface area contributed by atoms with Crippen LogP contribution in [-0.4, -0.2) is 32.2 Å². The van der Waals surface area contributed by atoms with E-state index in [2.05, 4.69) is 24.4 Å². The van der Waals surface area contributed by atoms with Gasteiger partial charge in [-0.1, -0.05) is 19.1 Å². The molecule has 0 aromatic heterocycles. The van der Waals surface area contributed by atoms with Crippen molar-refractivity contribution in [3.05, 3.63) is 29.8 Å². The van der Waals surface area contributed by atoms with Gasteiger partial charge in [-0.15, -0.1) is 0 Å². The highest BCUT2D eigenvalue weighted by atomic mass is 16.5. The summed E-state index contributed by atoms with van der Waals surface area (Å²) in [4.78, 5) is 13.6. The number of anilines is 1. The molecule has 20 heavy (non-hydrogen) atoms. The predicted molar refractivity (Wildman–Crippen MR) is 80.8 cm³/mol. The van der Waals surface area contributed by atoms with Crippen molar-refractivity contribution >= 4 is 11.6 Å². The Kier molecular flexibility index (Phi) is 5.56. The molecule has 1 amide bonds. The Morgan fingerprint density at radius 1 is 1.35 bits per heavy atom. The van der Waals surface area contributed by atoms with E-state index in [9.17, 15) is 4.79 Å². The van der Waals surface area contributed by atoms with Crippen LogP contribution in [0.2, 0.25) is 0 Å². The molecule has 0 radical (unpaired) electrons. The molecule has 0 saturated carbocycles. The van der Waals surface area contributed by atoms with E-state index >= 15 is 0 Å². The van der Waals surface area contributed by atoms with Gasteiger partial charge in [0.2, 0.25) is 5.91 Å². The van der Waals surface area contributed by atoms with Crippen molar-refractivity contribution in [3.63, 3.8) is 0 Å². The van der Waals surface area contributed by atoms with Gasteiger partial charge in [0, 0.05) is 38.3 Å². The number of hydrogen-bond acceptors (Lipinski definition) is 3. The van der Waals surface area contributed by atoms with Gasteiger partial charge in [-0.05, 0) is 30.5 Å². The molecule has 0 aliphatic carbocycles. The highest BCUT2D eigenvalue weighted by molar-refractivity contribution is 5.95. The van der Waals surface area contributed by atoms with Crippen molar-refractivity contribution in [1.82, 2.24) is 5.32 Å². The minimum atomic E-state index is 0.238. The molecule has 1 atom stereocenters. The monoisotopic (exact) mass is 276 g/mol. The van der Waals surface area contributed by atoms with Crippen LogP contribution in [0.15, 0.2) is 24.3 Å². The fourth-order valence-electron chi connectivity index (χ4n) is 2.50. The summed E-state index contributed by atoms with van der Waals surface area (Å²) in [5.74, 6) is 0.238. The zero-order valence-electron chi connectivity index (χ0n) is 12.4. The van der Waals surface area contributed by atoms with Crippen LogP contribution >= 0.6 is 0 Å². The Morgan fingerprint density at radius 2 is 2.10 bits per heavy atom. The van der Waals surface area contributed by atoms with Crippen LogP contribution in [0.5, 0.6) is 0 Å². The number of hydrogen-bond donors (Lipinski definition) is 1. The number of nitrogens with zero attached hydrogens (tertiary/aromatic N) is 1. The minimum absolute atomic E-state index is 0.238.